The van der Waals surface area contributed by atoms with Crippen molar-refractivity contribution in [3.05, 3.63) is 54.1 Å². The van der Waals surface area contributed by atoms with Crippen LogP contribution in [0.25, 0.3) is 0 Å². The molecule has 0 unspecified atom stereocenters. The molecular formula is C18H23N3O4S. The SMILES string of the molecule is COc1ccc(NC(=O)c2cccc(S(=O)(=O)NCCN(C)C)c2)cc1. The quantitative estimate of drug-likeness (QED) is 0.732. The van der Waals surface area contributed by atoms with E-state index in [1.54, 1.807) is 43.5 Å². The van der Waals surface area contributed by atoms with E-state index in [0.717, 1.165) is 0 Å². The van der Waals surface area contributed by atoms with Crippen molar-refractivity contribution in [1.29, 1.82) is 0 Å². The lowest BCUT2D eigenvalue weighted by molar-refractivity contribution is 0.102. The molecular weight excluding hydrogens is 354 g/mol. The Kier molecular flexibility index (Phi) is 6.73. The molecule has 0 aliphatic rings. The third-order valence-electron chi connectivity index (χ3n) is 3.61. The van der Waals surface area contributed by atoms with Crippen LogP contribution in [0.2, 0.25) is 0 Å². The molecule has 2 rings (SSSR count). The van der Waals surface area contributed by atoms with Gasteiger partial charge in [0.25, 0.3) is 5.91 Å². The van der Waals surface area contributed by atoms with Crippen molar-refractivity contribution >= 4 is 21.6 Å². The highest BCUT2D eigenvalue weighted by atomic mass is 32.2. The maximum absolute atomic E-state index is 12.4. The normalized spacial score (nSPS) is 11.4. The Morgan fingerprint density at radius 2 is 1.81 bits per heavy atom. The van der Waals surface area contributed by atoms with Crippen LogP contribution in [0, 0.1) is 0 Å². The van der Waals surface area contributed by atoms with Crippen LogP contribution in [0.5, 0.6) is 5.75 Å². The molecule has 0 aliphatic heterocycles. The van der Waals surface area contributed by atoms with E-state index < -0.39 is 10.0 Å². The van der Waals surface area contributed by atoms with Gasteiger partial charge in [-0.25, -0.2) is 13.1 Å². The van der Waals surface area contributed by atoms with Crippen molar-refractivity contribution in [2.75, 3.05) is 39.6 Å². The van der Waals surface area contributed by atoms with Crippen LogP contribution >= 0.6 is 0 Å². The molecule has 8 heteroatoms. The number of likely N-dealkylation sites (N-methyl/N-ethyl adjacent to an activating group) is 1. The molecule has 0 atom stereocenters. The molecule has 1 amide bonds. The minimum atomic E-state index is -3.67. The maximum Gasteiger partial charge on any atom is 0.255 e. The molecule has 2 aromatic rings. The Labute approximate surface area is 154 Å². The van der Waals surface area contributed by atoms with Crippen molar-refractivity contribution in [3.63, 3.8) is 0 Å². The molecule has 140 valence electrons. The Bertz CT molecular complexity index is 849. The van der Waals surface area contributed by atoms with E-state index >= 15 is 0 Å². The number of amides is 1. The fourth-order valence-corrected chi connectivity index (χ4v) is 3.24. The molecule has 2 aromatic carbocycles. The second-order valence-corrected chi connectivity index (χ2v) is 7.68. The van der Waals surface area contributed by atoms with Crippen LogP contribution in [0.4, 0.5) is 5.69 Å². The van der Waals surface area contributed by atoms with Crippen LogP contribution in [0.1, 0.15) is 10.4 Å². The smallest absolute Gasteiger partial charge is 0.255 e. The van der Waals surface area contributed by atoms with E-state index in [1.807, 2.05) is 19.0 Å². The largest absolute Gasteiger partial charge is 0.497 e. The van der Waals surface area contributed by atoms with Crippen molar-refractivity contribution in [2.45, 2.75) is 4.90 Å². The van der Waals surface area contributed by atoms with E-state index in [0.29, 0.717) is 18.0 Å². The summed E-state index contributed by atoms with van der Waals surface area (Å²) >= 11 is 0. The topological polar surface area (TPSA) is 87.7 Å². The molecule has 0 aromatic heterocycles. The second-order valence-electron chi connectivity index (χ2n) is 5.91. The number of hydrogen-bond donors (Lipinski definition) is 2. The number of anilines is 1. The molecule has 0 radical (unpaired) electrons. The third-order valence-corrected chi connectivity index (χ3v) is 5.06. The number of nitrogens with one attached hydrogen (secondary N) is 2. The van der Waals surface area contributed by atoms with Crippen LogP contribution < -0.4 is 14.8 Å². The van der Waals surface area contributed by atoms with Gasteiger partial charge in [0, 0.05) is 24.3 Å². The van der Waals surface area contributed by atoms with Crippen molar-refractivity contribution in [2.24, 2.45) is 0 Å². The van der Waals surface area contributed by atoms with Gasteiger partial charge in [0.15, 0.2) is 0 Å². The maximum atomic E-state index is 12.4. The fraction of sp³-hybridized carbons (Fsp3) is 0.278. The summed E-state index contributed by atoms with van der Waals surface area (Å²) in [5.74, 6) is 0.292. The average molecular weight is 377 g/mol. The van der Waals surface area contributed by atoms with Gasteiger partial charge in [-0.15, -0.1) is 0 Å². The number of carbonyl (C=O) groups excluding carboxylic acids is 1. The van der Waals surface area contributed by atoms with Gasteiger partial charge in [0.1, 0.15) is 5.75 Å². The second kappa shape index (κ2) is 8.79. The number of benzene rings is 2. The first-order valence-corrected chi connectivity index (χ1v) is 9.50. The molecule has 0 bridgehead atoms. The predicted molar refractivity (Wildman–Crippen MR) is 101 cm³/mol. The molecule has 0 heterocycles. The molecule has 0 saturated heterocycles. The molecule has 0 fully saturated rings. The summed E-state index contributed by atoms with van der Waals surface area (Å²) in [6.45, 7) is 0.870. The summed E-state index contributed by atoms with van der Waals surface area (Å²) in [4.78, 5) is 14.3. The lowest BCUT2D eigenvalue weighted by Crippen LogP contribution is -2.31. The minimum Gasteiger partial charge on any atom is -0.497 e. The third kappa shape index (κ3) is 5.55. The number of hydrogen-bond acceptors (Lipinski definition) is 5. The standard InChI is InChI=1S/C18H23N3O4S/c1-21(2)12-11-19-26(23,24)17-6-4-5-14(13-17)18(22)20-15-7-9-16(25-3)10-8-15/h4-10,13,19H,11-12H2,1-3H3,(H,20,22). The van der Waals surface area contributed by atoms with Crippen LogP contribution in [-0.4, -0.2) is 53.5 Å². The monoisotopic (exact) mass is 377 g/mol. The Morgan fingerprint density at radius 1 is 1.12 bits per heavy atom. The number of carbonyl (C=O) groups is 1. The van der Waals surface area contributed by atoms with Gasteiger partial charge < -0.3 is 15.0 Å². The minimum absolute atomic E-state index is 0.0543. The Balaban J connectivity index is 2.10. The molecule has 7 nitrogen and oxygen atoms in total. The summed E-state index contributed by atoms with van der Waals surface area (Å²) in [7, 11) is 1.61. The average Bonchev–Trinajstić information content (AvgIpc) is 2.62. The molecule has 0 aliphatic carbocycles. The zero-order chi connectivity index (χ0) is 19.2. The number of methoxy groups -OCH3 is 1. The van der Waals surface area contributed by atoms with Gasteiger partial charge in [-0.2, -0.15) is 0 Å². The predicted octanol–water partition coefficient (Wildman–Crippen LogP) is 1.79. The van der Waals surface area contributed by atoms with Gasteiger partial charge in [-0.1, -0.05) is 6.07 Å². The van der Waals surface area contributed by atoms with Gasteiger partial charge in [-0.05, 0) is 56.6 Å². The number of sulfonamides is 1. The summed E-state index contributed by atoms with van der Waals surface area (Å²) in [5, 5.41) is 2.73. The first-order valence-electron chi connectivity index (χ1n) is 8.02. The zero-order valence-electron chi connectivity index (χ0n) is 15.0. The number of nitrogens with zero attached hydrogens (tertiary/aromatic N) is 1. The van der Waals surface area contributed by atoms with E-state index in [-0.39, 0.29) is 22.9 Å². The summed E-state index contributed by atoms with van der Waals surface area (Å²) in [5.41, 5.74) is 0.851. The van der Waals surface area contributed by atoms with E-state index in [4.69, 9.17) is 4.74 Å². The zero-order valence-corrected chi connectivity index (χ0v) is 15.8. The van der Waals surface area contributed by atoms with Gasteiger partial charge in [0.05, 0.1) is 12.0 Å². The van der Waals surface area contributed by atoms with Crippen LogP contribution in [0.15, 0.2) is 53.4 Å². The first kappa shape index (κ1) is 19.9. The van der Waals surface area contributed by atoms with Crippen molar-refractivity contribution < 1.29 is 17.9 Å². The molecule has 0 spiro atoms. The van der Waals surface area contributed by atoms with E-state index in [2.05, 4.69) is 10.0 Å². The van der Waals surface area contributed by atoms with Crippen molar-refractivity contribution in [1.82, 2.24) is 9.62 Å². The fourth-order valence-electron chi connectivity index (χ4n) is 2.17. The molecule has 26 heavy (non-hydrogen) atoms. The number of ether oxygens (including phenoxy) is 1. The van der Waals surface area contributed by atoms with Gasteiger partial charge >= 0.3 is 0 Å². The van der Waals surface area contributed by atoms with E-state index in [9.17, 15) is 13.2 Å². The molecule has 2 N–H and O–H groups in total. The van der Waals surface area contributed by atoms with Crippen LogP contribution in [0.3, 0.4) is 0 Å². The Hall–Kier alpha value is -2.42. The summed E-state index contributed by atoms with van der Waals surface area (Å²) < 4.78 is 32.3. The van der Waals surface area contributed by atoms with E-state index in [1.165, 1.54) is 12.1 Å². The highest BCUT2D eigenvalue weighted by Crippen LogP contribution is 2.17. The lowest BCUT2D eigenvalue weighted by Gasteiger charge is -2.12. The lowest BCUT2D eigenvalue weighted by atomic mass is 10.2. The highest BCUT2D eigenvalue weighted by molar-refractivity contribution is 7.89. The summed E-state index contributed by atoms with van der Waals surface area (Å²) in [6, 6.07) is 12.8. The number of rotatable bonds is 8. The van der Waals surface area contributed by atoms with Crippen LogP contribution in [-0.2, 0) is 10.0 Å². The first-order chi connectivity index (χ1) is 12.3. The van der Waals surface area contributed by atoms with Crippen molar-refractivity contribution in [3.8, 4) is 5.75 Å². The molecule has 0 saturated carbocycles. The van der Waals surface area contributed by atoms with Gasteiger partial charge in [-0.3, -0.25) is 4.79 Å². The Morgan fingerprint density at radius 3 is 2.42 bits per heavy atom. The summed E-state index contributed by atoms with van der Waals surface area (Å²) in [6.07, 6.45) is 0. The highest BCUT2D eigenvalue weighted by Gasteiger charge is 2.16. The van der Waals surface area contributed by atoms with Gasteiger partial charge in [0.2, 0.25) is 10.0 Å².